The van der Waals surface area contributed by atoms with Gasteiger partial charge in [-0.25, -0.2) is 13.2 Å². The summed E-state index contributed by atoms with van der Waals surface area (Å²) in [6.07, 6.45) is 0. The second-order valence-corrected chi connectivity index (χ2v) is 5.20. The summed E-state index contributed by atoms with van der Waals surface area (Å²) in [6, 6.07) is 4.53. The number of halogens is 3. The Morgan fingerprint density at radius 2 is 1.69 bits per heavy atom. The van der Waals surface area contributed by atoms with Crippen LogP contribution in [0, 0.1) is 17.5 Å². The van der Waals surface area contributed by atoms with Crippen molar-refractivity contribution in [2.75, 3.05) is 32.7 Å². The third-order valence-corrected chi connectivity index (χ3v) is 3.50. The van der Waals surface area contributed by atoms with Crippen molar-refractivity contribution < 1.29 is 32.1 Å². The van der Waals surface area contributed by atoms with E-state index in [1.165, 1.54) is 19.2 Å². The summed E-state index contributed by atoms with van der Waals surface area (Å²) in [7, 11) is 1.32. The molecule has 0 fully saturated rings. The smallest absolute Gasteiger partial charge is 0.169 e. The van der Waals surface area contributed by atoms with Crippen molar-refractivity contribution in [3.8, 4) is 17.2 Å². The van der Waals surface area contributed by atoms with Crippen LogP contribution in [0.4, 0.5) is 18.9 Å². The molecule has 8 heteroatoms. The van der Waals surface area contributed by atoms with E-state index in [2.05, 4.69) is 0 Å². The molecule has 0 heterocycles. The van der Waals surface area contributed by atoms with E-state index in [9.17, 15) is 13.2 Å². The molecule has 0 bridgehead atoms. The third kappa shape index (κ3) is 4.72. The SMILES string of the molecule is CCOCCOc1ccc(F)c(F)c1COc1cc(N)c(F)cc1OC. The van der Waals surface area contributed by atoms with Crippen LogP contribution < -0.4 is 19.9 Å². The van der Waals surface area contributed by atoms with Gasteiger partial charge < -0.3 is 24.7 Å². The van der Waals surface area contributed by atoms with E-state index in [-0.39, 0.29) is 41.7 Å². The molecule has 0 saturated heterocycles. The predicted octanol–water partition coefficient (Wildman–Crippen LogP) is 3.69. The van der Waals surface area contributed by atoms with Crippen molar-refractivity contribution in [1.82, 2.24) is 0 Å². The zero-order valence-electron chi connectivity index (χ0n) is 14.5. The molecule has 0 saturated carbocycles. The molecule has 0 amide bonds. The van der Waals surface area contributed by atoms with E-state index in [4.69, 9.17) is 24.7 Å². The monoisotopic (exact) mass is 371 g/mol. The lowest BCUT2D eigenvalue weighted by molar-refractivity contribution is 0.109. The first-order valence-corrected chi connectivity index (χ1v) is 7.91. The van der Waals surface area contributed by atoms with Crippen LogP contribution in [-0.4, -0.2) is 26.9 Å². The maximum Gasteiger partial charge on any atom is 0.169 e. The van der Waals surface area contributed by atoms with Gasteiger partial charge in [-0.15, -0.1) is 0 Å². The van der Waals surface area contributed by atoms with Gasteiger partial charge in [-0.3, -0.25) is 0 Å². The molecule has 0 unspecified atom stereocenters. The quantitative estimate of drug-likeness (QED) is 0.538. The fraction of sp³-hybridized carbons (Fsp3) is 0.333. The lowest BCUT2D eigenvalue weighted by Gasteiger charge is -2.15. The molecular weight excluding hydrogens is 351 g/mol. The minimum atomic E-state index is -1.09. The lowest BCUT2D eigenvalue weighted by atomic mass is 10.2. The van der Waals surface area contributed by atoms with E-state index in [0.717, 1.165) is 12.1 Å². The van der Waals surface area contributed by atoms with Crippen LogP contribution in [-0.2, 0) is 11.3 Å². The summed E-state index contributed by atoms with van der Waals surface area (Å²) in [5.74, 6) is -2.51. The standard InChI is InChI=1S/C18H20F3NO4/c1-3-24-6-7-25-15-5-4-12(19)18(21)11(15)10-26-17-9-14(22)13(20)8-16(17)23-2/h4-5,8-9H,3,6-7,10,22H2,1-2H3. The predicted molar refractivity (Wildman–Crippen MR) is 90.0 cm³/mol. The molecular formula is C18H20F3NO4. The topological polar surface area (TPSA) is 62.9 Å². The van der Waals surface area contributed by atoms with Crippen LogP contribution in [0.5, 0.6) is 17.2 Å². The molecule has 0 atom stereocenters. The van der Waals surface area contributed by atoms with Crippen molar-refractivity contribution in [3.05, 3.63) is 47.3 Å². The first kappa shape index (κ1) is 19.7. The van der Waals surface area contributed by atoms with Crippen LogP contribution in [0.1, 0.15) is 12.5 Å². The number of rotatable bonds is 9. The maximum atomic E-state index is 14.2. The van der Waals surface area contributed by atoms with Gasteiger partial charge in [0.2, 0.25) is 0 Å². The average molecular weight is 371 g/mol. The highest BCUT2D eigenvalue weighted by Gasteiger charge is 2.17. The Kier molecular flexibility index (Phi) is 6.97. The highest BCUT2D eigenvalue weighted by Crippen LogP contribution is 2.33. The van der Waals surface area contributed by atoms with Crippen LogP contribution in [0.15, 0.2) is 24.3 Å². The minimum absolute atomic E-state index is 0.0762. The Labute approximate surface area is 149 Å². The van der Waals surface area contributed by atoms with Gasteiger partial charge in [0.25, 0.3) is 0 Å². The van der Waals surface area contributed by atoms with Gasteiger partial charge in [-0.1, -0.05) is 0 Å². The first-order valence-electron chi connectivity index (χ1n) is 7.91. The molecule has 2 N–H and O–H groups in total. The van der Waals surface area contributed by atoms with Gasteiger partial charge in [0.05, 0.1) is 25.0 Å². The summed E-state index contributed by atoms with van der Waals surface area (Å²) in [5.41, 5.74) is 5.23. The molecule has 0 spiro atoms. The van der Waals surface area contributed by atoms with Gasteiger partial charge in [0.15, 0.2) is 23.1 Å². The van der Waals surface area contributed by atoms with Crippen LogP contribution >= 0.6 is 0 Å². The van der Waals surface area contributed by atoms with E-state index < -0.39 is 17.5 Å². The number of benzene rings is 2. The normalized spacial score (nSPS) is 10.7. The zero-order valence-corrected chi connectivity index (χ0v) is 14.5. The highest BCUT2D eigenvalue weighted by atomic mass is 19.2. The summed E-state index contributed by atoms with van der Waals surface area (Å²) in [6.45, 7) is 2.45. The molecule has 0 aliphatic carbocycles. The van der Waals surface area contributed by atoms with Crippen LogP contribution in [0.25, 0.3) is 0 Å². The zero-order chi connectivity index (χ0) is 19.1. The Bertz CT molecular complexity index is 756. The lowest BCUT2D eigenvalue weighted by Crippen LogP contribution is -2.10. The van der Waals surface area contributed by atoms with Crippen LogP contribution in [0.2, 0.25) is 0 Å². The summed E-state index contributed by atoms with van der Waals surface area (Å²) >= 11 is 0. The highest BCUT2D eigenvalue weighted by molar-refractivity contribution is 5.53. The van der Waals surface area contributed by atoms with Gasteiger partial charge in [-0.2, -0.15) is 0 Å². The van der Waals surface area contributed by atoms with Gasteiger partial charge >= 0.3 is 0 Å². The van der Waals surface area contributed by atoms with Crippen molar-refractivity contribution in [1.29, 1.82) is 0 Å². The van der Waals surface area contributed by atoms with Crippen molar-refractivity contribution in [3.63, 3.8) is 0 Å². The molecule has 26 heavy (non-hydrogen) atoms. The maximum absolute atomic E-state index is 14.2. The molecule has 2 rings (SSSR count). The number of nitrogens with two attached hydrogens (primary N) is 1. The van der Waals surface area contributed by atoms with Gasteiger partial charge in [0, 0.05) is 18.7 Å². The molecule has 2 aromatic rings. The Morgan fingerprint density at radius 3 is 2.38 bits per heavy atom. The van der Waals surface area contributed by atoms with Gasteiger partial charge in [0.1, 0.15) is 24.8 Å². The van der Waals surface area contributed by atoms with E-state index in [1.807, 2.05) is 6.92 Å². The number of anilines is 1. The molecule has 0 radical (unpaired) electrons. The summed E-state index contributed by atoms with van der Waals surface area (Å²) in [5, 5.41) is 0. The molecule has 0 aliphatic rings. The molecule has 0 aromatic heterocycles. The van der Waals surface area contributed by atoms with Crippen molar-refractivity contribution in [2.45, 2.75) is 13.5 Å². The molecule has 2 aromatic carbocycles. The van der Waals surface area contributed by atoms with Crippen LogP contribution in [0.3, 0.4) is 0 Å². The van der Waals surface area contributed by atoms with E-state index >= 15 is 0 Å². The second-order valence-electron chi connectivity index (χ2n) is 5.20. The summed E-state index contributed by atoms with van der Waals surface area (Å²) < 4.78 is 62.3. The molecule has 0 aliphatic heterocycles. The fourth-order valence-corrected chi connectivity index (χ4v) is 2.17. The number of hydrogen-bond donors (Lipinski definition) is 1. The van der Waals surface area contributed by atoms with Crippen molar-refractivity contribution in [2.24, 2.45) is 0 Å². The van der Waals surface area contributed by atoms with E-state index in [0.29, 0.717) is 13.2 Å². The second kappa shape index (κ2) is 9.19. The molecule has 142 valence electrons. The fourth-order valence-electron chi connectivity index (χ4n) is 2.17. The Hall–Kier alpha value is -2.61. The largest absolute Gasteiger partial charge is 0.493 e. The summed E-state index contributed by atoms with van der Waals surface area (Å²) in [4.78, 5) is 0. The minimum Gasteiger partial charge on any atom is -0.493 e. The Balaban J connectivity index is 2.20. The number of nitrogen functional groups attached to an aromatic ring is 1. The molecule has 5 nitrogen and oxygen atoms in total. The Morgan fingerprint density at radius 1 is 0.923 bits per heavy atom. The number of hydrogen-bond acceptors (Lipinski definition) is 5. The van der Waals surface area contributed by atoms with Gasteiger partial charge in [-0.05, 0) is 19.1 Å². The number of ether oxygens (including phenoxy) is 4. The average Bonchev–Trinajstić information content (AvgIpc) is 2.63. The number of methoxy groups -OCH3 is 1. The first-order chi connectivity index (χ1) is 12.5. The van der Waals surface area contributed by atoms with E-state index in [1.54, 1.807) is 0 Å². The van der Waals surface area contributed by atoms with Crippen molar-refractivity contribution >= 4 is 5.69 Å². The third-order valence-electron chi connectivity index (χ3n) is 3.50.